The SMILES string of the molecule is O=C(NC1Cc2ccccc2C1)c1cccc2c1OCCO2. The fourth-order valence-corrected chi connectivity index (χ4v) is 3.18. The monoisotopic (exact) mass is 295 g/mol. The van der Waals surface area contributed by atoms with E-state index >= 15 is 0 Å². The molecule has 0 saturated heterocycles. The fraction of sp³-hybridized carbons (Fsp3) is 0.278. The van der Waals surface area contributed by atoms with E-state index in [4.69, 9.17) is 9.47 Å². The first-order valence-corrected chi connectivity index (χ1v) is 7.57. The number of nitrogens with one attached hydrogen (secondary N) is 1. The smallest absolute Gasteiger partial charge is 0.255 e. The summed E-state index contributed by atoms with van der Waals surface area (Å²) in [6.45, 7) is 1.00. The van der Waals surface area contributed by atoms with Crippen molar-refractivity contribution in [3.63, 3.8) is 0 Å². The lowest BCUT2D eigenvalue weighted by atomic mass is 10.1. The second-order valence-corrected chi connectivity index (χ2v) is 5.68. The van der Waals surface area contributed by atoms with Crippen molar-refractivity contribution in [1.29, 1.82) is 0 Å². The zero-order chi connectivity index (χ0) is 14.9. The van der Waals surface area contributed by atoms with Crippen molar-refractivity contribution in [2.24, 2.45) is 0 Å². The van der Waals surface area contributed by atoms with Crippen LogP contribution in [0.25, 0.3) is 0 Å². The summed E-state index contributed by atoms with van der Waals surface area (Å²) in [7, 11) is 0. The number of rotatable bonds is 2. The molecule has 4 heteroatoms. The lowest BCUT2D eigenvalue weighted by molar-refractivity contribution is 0.0927. The number of amides is 1. The lowest BCUT2D eigenvalue weighted by Crippen LogP contribution is -2.35. The molecular weight excluding hydrogens is 278 g/mol. The van der Waals surface area contributed by atoms with Gasteiger partial charge < -0.3 is 14.8 Å². The van der Waals surface area contributed by atoms with Crippen molar-refractivity contribution >= 4 is 5.91 Å². The Bertz CT molecular complexity index is 701. The summed E-state index contributed by atoms with van der Waals surface area (Å²) in [6.07, 6.45) is 1.77. The van der Waals surface area contributed by atoms with E-state index < -0.39 is 0 Å². The van der Waals surface area contributed by atoms with Gasteiger partial charge in [0.2, 0.25) is 0 Å². The molecule has 0 radical (unpaired) electrons. The molecular formula is C18H17NO3. The third kappa shape index (κ3) is 2.30. The van der Waals surface area contributed by atoms with Crippen LogP contribution in [0.1, 0.15) is 21.5 Å². The molecule has 22 heavy (non-hydrogen) atoms. The van der Waals surface area contributed by atoms with Gasteiger partial charge in [-0.2, -0.15) is 0 Å². The Morgan fingerprint density at radius 3 is 2.45 bits per heavy atom. The molecule has 4 nitrogen and oxygen atoms in total. The highest BCUT2D eigenvalue weighted by atomic mass is 16.6. The van der Waals surface area contributed by atoms with Crippen molar-refractivity contribution in [3.8, 4) is 11.5 Å². The molecule has 1 aliphatic carbocycles. The number of fused-ring (bicyclic) bond motifs is 2. The summed E-state index contributed by atoms with van der Waals surface area (Å²) < 4.78 is 11.1. The Kier molecular flexibility index (Phi) is 3.22. The first kappa shape index (κ1) is 13.2. The van der Waals surface area contributed by atoms with Gasteiger partial charge in [-0.3, -0.25) is 4.79 Å². The summed E-state index contributed by atoms with van der Waals surface area (Å²) in [5.74, 6) is 1.11. The van der Waals surface area contributed by atoms with Crippen LogP contribution < -0.4 is 14.8 Å². The molecule has 4 rings (SSSR count). The minimum Gasteiger partial charge on any atom is -0.486 e. The van der Waals surface area contributed by atoms with Crippen LogP contribution in [0.5, 0.6) is 11.5 Å². The van der Waals surface area contributed by atoms with Crippen LogP contribution in [-0.2, 0) is 12.8 Å². The van der Waals surface area contributed by atoms with Gasteiger partial charge in [0.1, 0.15) is 13.2 Å². The second-order valence-electron chi connectivity index (χ2n) is 5.68. The number of benzene rings is 2. The molecule has 0 saturated carbocycles. The fourth-order valence-electron chi connectivity index (χ4n) is 3.18. The van der Waals surface area contributed by atoms with Crippen molar-refractivity contribution in [1.82, 2.24) is 5.32 Å². The minimum absolute atomic E-state index is 0.0971. The predicted molar refractivity (Wildman–Crippen MR) is 82.5 cm³/mol. The maximum Gasteiger partial charge on any atom is 0.255 e. The third-order valence-electron chi connectivity index (χ3n) is 4.20. The van der Waals surface area contributed by atoms with Crippen LogP contribution in [0.2, 0.25) is 0 Å². The maximum absolute atomic E-state index is 12.6. The summed E-state index contributed by atoms with van der Waals surface area (Å²) in [6, 6.07) is 13.9. The van der Waals surface area contributed by atoms with Crippen LogP contribution in [0.15, 0.2) is 42.5 Å². The highest BCUT2D eigenvalue weighted by Gasteiger charge is 2.25. The Morgan fingerprint density at radius 2 is 1.68 bits per heavy atom. The molecule has 2 aliphatic rings. The highest BCUT2D eigenvalue weighted by molar-refractivity contribution is 5.98. The Balaban J connectivity index is 1.52. The van der Waals surface area contributed by atoms with Gasteiger partial charge >= 0.3 is 0 Å². The van der Waals surface area contributed by atoms with Gasteiger partial charge in [-0.05, 0) is 36.1 Å². The lowest BCUT2D eigenvalue weighted by Gasteiger charge is -2.21. The van der Waals surface area contributed by atoms with E-state index in [1.165, 1.54) is 11.1 Å². The highest BCUT2D eigenvalue weighted by Crippen LogP contribution is 2.33. The standard InChI is InChI=1S/C18H17NO3/c20-18(15-6-3-7-16-17(15)22-9-8-21-16)19-14-10-12-4-1-2-5-13(12)11-14/h1-7,14H,8-11H2,(H,19,20). The Morgan fingerprint density at radius 1 is 0.955 bits per heavy atom. The summed E-state index contributed by atoms with van der Waals surface area (Å²) in [5, 5.41) is 3.12. The van der Waals surface area contributed by atoms with Gasteiger partial charge in [-0.15, -0.1) is 0 Å². The van der Waals surface area contributed by atoms with Gasteiger partial charge in [0, 0.05) is 6.04 Å². The summed E-state index contributed by atoms with van der Waals surface area (Å²) in [5.41, 5.74) is 3.19. The summed E-state index contributed by atoms with van der Waals surface area (Å²) >= 11 is 0. The number of carbonyl (C=O) groups is 1. The molecule has 1 heterocycles. The average Bonchev–Trinajstić information content (AvgIpc) is 2.96. The van der Waals surface area contributed by atoms with E-state index in [9.17, 15) is 4.79 Å². The molecule has 1 N–H and O–H groups in total. The van der Waals surface area contributed by atoms with E-state index in [0.29, 0.717) is 30.3 Å². The van der Waals surface area contributed by atoms with Crippen LogP contribution >= 0.6 is 0 Å². The molecule has 1 aliphatic heterocycles. The van der Waals surface area contributed by atoms with Gasteiger partial charge in [-0.1, -0.05) is 30.3 Å². The van der Waals surface area contributed by atoms with Crippen LogP contribution in [-0.4, -0.2) is 25.2 Å². The van der Waals surface area contributed by atoms with Crippen molar-refractivity contribution < 1.29 is 14.3 Å². The zero-order valence-corrected chi connectivity index (χ0v) is 12.2. The molecule has 2 aromatic rings. The van der Waals surface area contributed by atoms with Crippen LogP contribution in [0.4, 0.5) is 0 Å². The number of hydrogen-bond acceptors (Lipinski definition) is 3. The zero-order valence-electron chi connectivity index (χ0n) is 12.2. The van der Waals surface area contributed by atoms with Crippen molar-refractivity contribution in [2.45, 2.75) is 18.9 Å². The topological polar surface area (TPSA) is 47.6 Å². The maximum atomic E-state index is 12.6. The number of carbonyl (C=O) groups excluding carboxylic acids is 1. The van der Waals surface area contributed by atoms with Crippen LogP contribution in [0.3, 0.4) is 0 Å². The quantitative estimate of drug-likeness (QED) is 0.925. The molecule has 1 amide bonds. The van der Waals surface area contributed by atoms with Crippen LogP contribution in [0, 0.1) is 0 Å². The summed E-state index contributed by atoms with van der Waals surface area (Å²) in [4.78, 5) is 12.6. The number of hydrogen-bond donors (Lipinski definition) is 1. The molecule has 0 fully saturated rings. The molecule has 0 unspecified atom stereocenters. The van der Waals surface area contributed by atoms with E-state index in [1.54, 1.807) is 6.07 Å². The molecule has 0 bridgehead atoms. The van der Waals surface area contributed by atoms with E-state index in [-0.39, 0.29) is 11.9 Å². The second kappa shape index (κ2) is 5.37. The molecule has 0 atom stereocenters. The largest absolute Gasteiger partial charge is 0.486 e. The molecule has 2 aromatic carbocycles. The first-order chi connectivity index (χ1) is 10.8. The Hall–Kier alpha value is -2.49. The van der Waals surface area contributed by atoms with Crippen molar-refractivity contribution in [3.05, 3.63) is 59.2 Å². The van der Waals surface area contributed by atoms with Gasteiger partial charge in [0.15, 0.2) is 11.5 Å². The number of ether oxygens (including phenoxy) is 2. The molecule has 0 spiro atoms. The molecule has 112 valence electrons. The number of para-hydroxylation sites is 1. The van der Waals surface area contributed by atoms with Crippen molar-refractivity contribution in [2.75, 3.05) is 13.2 Å². The molecule has 0 aromatic heterocycles. The third-order valence-corrected chi connectivity index (χ3v) is 4.20. The Labute approximate surface area is 129 Å². The normalized spacial score (nSPS) is 16.2. The van der Waals surface area contributed by atoms with E-state index in [2.05, 4.69) is 17.4 Å². The van der Waals surface area contributed by atoms with Gasteiger partial charge in [0.05, 0.1) is 5.56 Å². The predicted octanol–water partition coefficient (Wildman–Crippen LogP) is 2.36. The van der Waals surface area contributed by atoms with Gasteiger partial charge in [-0.25, -0.2) is 0 Å². The van der Waals surface area contributed by atoms with E-state index in [0.717, 1.165) is 12.8 Å². The first-order valence-electron chi connectivity index (χ1n) is 7.57. The van der Waals surface area contributed by atoms with Gasteiger partial charge in [0.25, 0.3) is 5.91 Å². The average molecular weight is 295 g/mol. The van der Waals surface area contributed by atoms with E-state index in [1.807, 2.05) is 24.3 Å². The minimum atomic E-state index is -0.0971.